The predicted octanol–water partition coefficient (Wildman–Crippen LogP) is 6.68. The summed E-state index contributed by atoms with van der Waals surface area (Å²) in [7, 11) is -1.89. The highest BCUT2D eigenvalue weighted by Crippen LogP contribution is 2.58. The lowest BCUT2D eigenvalue weighted by Gasteiger charge is -2.53. The molecule has 1 fully saturated rings. The van der Waals surface area contributed by atoms with Gasteiger partial charge in [0.15, 0.2) is 14.1 Å². The van der Waals surface area contributed by atoms with E-state index in [1.165, 1.54) is 5.57 Å². The minimum absolute atomic E-state index is 0.00822. The summed E-state index contributed by atoms with van der Waals surface area (Å²) in [5.41, 5.74) is 1.11. The highest BCUT2D eigenvalue weighted by molar-refractivity contribution is 6.74. The van der Waals surface area contributed by atoms with Crippen molar-refractivity contribution in [3.63, 3.8) is 0 Å². The Bertz CT molecular complexity index is 664. The minimum atomic E-state index is -1.89. The molecule has 1 spiro atoms. The number of allylic oxidation sites excluding steroid dienone is 3. The molecule has 0 N–H and O–H groups in total. The van der Waals surface area contributed by atoms with Gasteiger partial charge in [-0.05, 0) is 68.1 Å². The molecule has 0 aromatic rings. The number of hydrogen-bond acceptors (Lipinski definition) is 2. The highest BCUT2D eigenvalue weighted by Gasteiger charge is 2.55. The summed E-state index contributed by atoms with van der Waals surface area (Å²) >= 11 is 0. The Morgan fingerprint density at radius 1 is 1.19 bits per heavy atom. The Kier molecular flexibility index (Phi) is 5.22. The molecular formula is C24H40O2Si. The molecule has 3 rings (SSSR count). The monoisotopic (exact) mass is 388 g/mol. The van der Waals surface area contributed by atoms with Crippen LogP contribution in [0.1, 0.15) is 73.6 Å². The fourth-order valence-electron chi connectivity index (χ4n) is 5.07. The van der Waals surface area contributed by atoms with Crippen molar-refractivity contribution in [3.05, 3.63) is 23.8 Å². The molecule has 0 heterocycles. The Morgan fingerprint density at radius 2 is 1.85 bits per heavy atom. The first-order chi connectivity index (χ1) is 12.3. The van der Waals surface area contributed by atoms with E-state index >= 15 is 0 Å². The average Bonchev–Trinajstić information content (AvgIpc) is 2.68. The summed E-state index contributed by atoms with van der Waals surface area (Å²) in [6.07, 6.45) is 12.5. The summed E-state index contributed by atoms with van der Waals surface area (Å²) < 4.78 is 7.20. The Hall–Kier alpha value is -0.673. The molecule has 3 aliphatic rings. The lowest BCUT2D eigenvalue weighted by Crippen LogP contribution is -2.54. The van der Waals surface area contributed by atoms with Gasteiger partial charge in [-0.25, -0.2) is 0 Å². The molecule has 0 aliphatic heterocycles. The normalized spacial score (nSPS) is 36.5. The Morgan fingerprint density at radius 3 is 2.48 bits per heavy atom. The van der Waals surface area contributed by atoms with E-state index in [0.717, 1.165) is 32.1 Å². The molecule has 0 radical (unpaired) electrons. The van der Waals surface area contributed by atoms with Gasteiger partial charge in [0.2, 0.25) is 0 Å². The summed E-state index contributed by atoms with van der Waals surface area (Å²) in [5.74, 6) is 1.26. The average molecular weight is 389 g/mol. The van der Waals surface area contributed by atoms with Gasteiger partial charge in [-0.15, -0.1) is 0 Å². The predicted molar refractivity (Wildman–Crippen MR) is 116 cm³/mol. The molecular weight excluding hydrogens is 348 g/mol. The molecule has 152 valence electrons. The van der Waals surface area contributed by atoms with Gasteiger partial charge in [0, 0.05) is 10.8 Å². The van der Waals surface area contributed by atoms with Crippen LogP contribution in [0.5, 0.6) is 0 Å². The van der Waals surface area contributed by atoms with Gasteiger partial charge in [-0.3, -0.25) is 4.79 Å². The molecule has 0 saturated heterocycles. The topological polar surface area (TPSA) is 26.3 Å². The van der Waals surface area contributed by atoms with Gasteiger partial charge < -0.3 is 4.43 Å². The smallest absolute Gasteiger partial charge is 0.192 e. The lowest BCUT2D eigenvalue weighted by atomic mass is 9.59. The van der Waals surface area contributed by atoms with Crippen LogP contribution >= 0.6 is 0 Å². The maximum Gasteiger partial charge on any atom is 0.192 e. The van der Waals surface area contributed by atoms with E-state index in [1.54, 1.807) is 0 Å². The number of fused-ring (bicyclic) bond motifs is 1. The fraction of sp³-hybridized carbons (Fsp3) is 0.792. The number of carbonyl (C=O) groups is 1. The third-order valence-electron chi connectivity index (χ3n) is 8.55. The van der Waals surface area contributed by atoms with Crippen molar-refractivity contribution in [1.29, 1.82) is 0 Å². The first-order valence-corrected chi connectivity index (χ1v) is 13.8. The third-order valence-corrected chi connectivity index (χ3v) is 13.0. The maximum absolute atomic E-state index is 13.1. The minimum Gasteiger partial charge on any atom is -0.413 e. The van der Waals surface area contributed by atoms with Crippen molar-refractivity contribution in [1.82, 2.24) is 0 Å². The summed E-state index contributed by atoms with van der Waals surface area (Å²) in [5, 5.41) is 0.201. The molecule has 4 atom stereocenters. The van der Waals surface area contributed by atoms with E-state index < -0.39 is 8.32 Å². The van der Waals surface area contributed by atoms with Crippen LogP contribution in [0.25, 0.3) is 0 Å². The molecule has 0 unspecified atom stereocenters. The molecule has 0 aromatic heterocycles. The highest BCUT2D eigenvalue weighted by atomic mass is 28.4. The van der Waals surface area contributed by atoms with Crippen molar-refractivity contribution in [2.75, 3.05) is 0 Å². The molecule has 0 aromatic carbocycles. The van der Waals surface area contributed by atoms with Crippen LogP contribution in [0.4, 0.5) is 0 Å². The van der Waals surface area contributed by atoms with Gasteiger partial charge in [-0.1, -0.05) is 59.3 Å². The van der Waals surface area contributed by atoms with Crippen LogP contribution in [-0.4, -0.2) is 20.2 Å². The fourth-order valence-corrected chi connectivity index (χ4v) is 6.47. The first-order valence-electron chi connectivity index (χ1n) is 10.9. The Labute approximate surface area is 168 Å². The van der Waals surface area contributed by atoms with Crippen molar-refractivity contribution in [2.45, 2.75) is 97.9 Å². The summed E-state index contributed by atoms with van der Waals surface area (Å²) in [6, 6.07) is 0. The van der Waals surface area contributed by atoms with Crippen LogP contribution in [0.2, 0.25) is 18.1 Å². The van der Waals surface area contributed by atoms with Crippen molar-refractivity contribution in [3.8, 4) is 0 Å². The summed E-state index contributed by atoms with van der Waals surface area (Å²) in [6.45, 7) is 18.3. The maximum atomic E-state index is 13.1. The van der Waals surface area contributed by atoms with E-state index in [-0.39, 0.29) is 22.0 Å². The van der Waals surface area contributed by atoms with Crippen molar-refractivity contribution < 1.29 is 9.22 Å². The molecule has 2 bridgehead atoms. The van der Waals surface area contributed by atoms with E-state index in [2.05, 4.69) is 66.8 Å². The molecule has 3 heteroatoms. The molecule has 27 heavy (non-hydrogen) atoms. The van der Waals surface area contributed by atoms with Gasteiger partial charge in [0.1, 0.15) is 0 Å². The second-order valence-electron chi connectivity index (χ2n) is 11.5. The van der Waals surface area contributed by atoms with Crippen LogP contribution in [0, 0.1) is 22.7 Å². The molecule has 2 nitrogen and oxygen atoms in total. The number of rotatable bonds is 2. The first kappa shape index (κ1) is 21.0. The summed E-state index contributed by atoms with van der Waals surface area (Å²) in [4.78, 5) is 13.1. The Balaban J connectivity index is 2.10. The zero-order valence-electron chi connectivity index (χ0n) is 18.8. The number of ketones is 1. The van der Waals surface area contributed by atoms with Gasteiger partial charge >= 0.3 is 0 Å². The second-order valence-corrected chi connectivity index (χ2v) is 16.3. The van der Waals surface area contributed by atoms with Crippen LogP contribution < -0.4 is 0 Å². The van der Waals surface area contributed by atoms with Crippen LogP contribution in [-0.2, 0) is 9.22 Å². The number of hydrogen-bond donors (Lipinski definition) is 0. The standard InChI is InChI=1S/C24H40O2Si/c1-17-16-24-14-10-9-11-18(21(24)26-27(7,8)22(2,3)4)12-13-19(24)15-20(25)23(17,5)6/h9-10,15,17-18,21H,11-14,16H2,1-8H3/t17-,18+,21+,24+/m1/s1. The quantitative estimate of drug-likeness (QED) is 0.389. The van der Waals surface area contributed by atoms with Crippen LogP contribution in [0.15, 0.2) is 23.8 Å². The van der Waals surface area contributed by atoms with E-state index in [0.29, 0.717) is 17.6 Å². The molecule has 1 saturated carbocycles. The SMILES string of the molecule is C[C@@H]1C[C@@]23CC=CC[C@@H](CCC2=CC(=O)C1(C)C)[C@@H]3O[Si](C)(C)C(C)(C)C. The van der Waals surface area contributed by atoms with Crippen molar-refractivity contribution in [2.24, 2.45) is 22.7 Å². The van der Waals surface area contributed by atoms with Gasteiger partial charge in [0.05, 0.1) is 6.10 Å². The van der Waals surface area contributed by atoms with Crippen molar-refractivity contribution >= 4 is 14.1 Å². The van der Waals surface area contributed by atoms with Crippen LogP contribution in [0.3, 0.4) is 0 Å². The number of carbonyl (C=O) groups excluding carboxylic acids is 1. The third kappa shape index (κ3) is 3.44. The van der Waals surface area contributed by atoms with E-state index in [4.69, 9.17) is 4.43 Å². The van der Waals surface area contributed by atoms with Gasteiger partial charge in [-0.2, -0.15) is 0 Å². The van der Waals surface area contributed by atoms with E-state index in [9.17, 15) is 4.79 Å². The largest absolute Gasteiger partial charge is 0.413 e. The van der Waals surface area contributed by atoms with Gasteiger partial charge in [0.25, 0.3) is 0 Å². The lowest BCUT2D eigenvalue weighted by molar-refractivity contribution is -0.124. The molecule has 0 amide bonds. The zero-order valence-corrected chi connectivity index (χ0v) is 19.8. The second kappa shape index (κ2) is 6.69. The molecule has 3 aliphatic carbocycles. The zero-order chi connectivity index (χ0) is 20.3. The van der Waals surface area contributed by atoms with E-state index in [1.807, 2.05) is 6.08 Å².